The number of aryl methyl sites for hydroxylation is 3. The molecule has 0 atom stereocenters. The van der Waals surface area contributed by atoms with Crippen molar-refractivity contribution >= 4 is 11.6 Å². The number of nitrogens with zero attached hydrogens (tertiary/aromatic N) is 2. The smallest absolute Gasteiger partial charge is 0.253 e. The Bertz CT molecular complexity index is 1530. The van der Waals surface area contributed by atoms with E-state index in [9.17, 15) is 9.59 Å². The van der Waals surface area contributed by atoms with Crippen LogP contribution in [-0.2, 0) is 17.8 Å². The highest BCUT2D eigenvalue weighted by molar-refractivity contribution is 5.99. The van der Waals surface area contributed by atoms with Gasteiger partial charge in [-0.3, -0.25) is 14.5 Å². The summed E-state index contributed by atoms with van der Waals surface area (Å²) in [6.45, 7) is 18.4. The Hall–Kier alpha value is -3.42. The fraction of sp³-hybridized carbons (Fsp3) is 0.514. The molecular weight excluding hydrogens is 548 g/mol. The molecule has 2 N–H and O–H groups in total. The minimum atomic E-state index is -0.166. The predicted molar refractivity (Wildman–Crippen MR) is 180 cm³/mol. The van der Waals surface area contributed by atoms with Crippen LogP contribution in [0.2, 0.25) is 0 Å². The largest absolute Gasteiger partial charge is 0.381 e. The first-order valence-electron chi connectivity index (χ1n) is 16.4. The number of ether oxygens (including phenoxy) is 1. The fourth-order valence-corrected chi connectivity index (χ4v) is 6.90. The van der Waals surface area contributed by atoms with E-state index in [-0.39, 0.29) is 18.0 Å². The average Bonchev–Trinajstić information content (AvgIpc) is 3.00. The second-order valence-corrected chi connectivity index (χ2v) is 13.0. The van der Waals surface area contributed by atoms with Crippen LogP contribution in [0.3, 0.4) is 0 Å². The molecule has 0 radical (unpaired) electrons. The maximum Gasteiger partial charge on any atom is 0.253 e. The van der Waals surface area contributed by atoms with Gasteiger partial charge in [0.25, 0.3) is 11.5 Å². The van der Waals surface area contributed by atoms with E-state index in [4.69, 9.17) is 4.74 Å². The van der Waals surface area contributed by atoms with Crippen LogP contribution in [0.4, 0.5) is 5.69 Å². The Kier molecular flexibility index (Phi) is 10.3. The predicted octanol–water partition coefficient (Wildman–Crippen LogP) is 6.44. The number of pyridine rings is 1. The number of benzene rings is 2. The summed E-state index contributed by atoms with van der Waals surface area (Å²) in [5, 5.41) is 3.07. The summed E-state index contributed by atoms with van der Waals surface area (Å²) in [7, 11) is 0. The Morgan fingerprint density at radius 2 is 1.70 bits per heavy atom. The molecule has 2 fully saturated rings. The molecule has 2 aliphatic heterocycles. The molecule has 3 heterocycles. The van der Waals surface area contributed by atoms with Gasteiger partial charge in [0.2, 0.25) is 0 Å². The average molecular weight is 599 g/mol. The van der Waals surface area contributed by atoms with E-state index in [1.165, 1.54) is 24.0 Å². The first-order chi connectivity index (χ1) is 21.1. The fourth-order valence-electron chi connectivity index (χ4n) is 6.90. The number of H-pyrrole nitrogens is 1. The summed E-state index contributed by atoms with van der Waals surface area (Å²) >= 11 is 0. The standard InChI is InChI=1S/C37H50N4O3/c1-7-41(32-12-16-44-17-13-32)35-21-31(29-8-9-30(25(3)19-29)23-40-14-10-24(2)11-15-40)20-33(28(35)6)36(42)38-22-34-26(4)18-27(5)39-37(34)43/h8-9,18-21,24,32H,7,10-17,22-23H2,1-6H3,(H,38,42)(H,39,43). The second kappa shape index (κ2) is 14.1. The number of hydrogen-bond acceptors (Lipinski definition) is 5. The van der Waals surface area contributed by atoms with E-state index in [1.807, 2.05) is 32.9 Å². The maximum atomic E-state index is 13.8. The van der Waals surface area contributed by atoms with Gasteiger partial charge in [-0.15, -0.1) is 0 Å². The number of amides is 1. The molecule has 3 aromatic rings. The van der Waals surface area contributed by atoms with Gasteiger partial charge in [-0.1, -0.05) is 25.1 Å². The lowest BCUT2D eigenvalue weighted by molar-refractivity contribution is 0.0846. The van der Waals surface area contributed by atoms with Crippen molar-refractivity contribution in [3.63, 3.8) is 0 Å². The monoisotopic (exact) mass is 598 g/mol. The molecule has 5 rings (SSSR count). The van der Waals surface area contributed by atoms with Gasteiger partial charge in [-0.25, -0.2) is 0 Å². The molecule has 2 aromatic carbocycles. The van der Waals surface area contributed by atoms with Crippen LogP contribution in [0, 0.1) is 33.6 Å². The highest BCUT2D eigenvalue weighted by Gasteiger charge is 2.25. The van der Waals surface area contributed by atoms with Crippen molar-refractivity contribution in [3.05, 3.63) is 85.8 Å². The van der Waals surface area contributed by atoms with Crippen molar-refractivity contribution in [2.75, 3.05) is 37.7 Å². The molecular formula is C37H50N4O3. The molecule has 2 aliphatic rings. The Labute approximate surface area is 263 Å². The van der Waals surface area contributed by atoms with Crippen molar-refractivity contribution in [2.24, 2.45) is 5.92 Å². The summed E-state index contributed by atoms with van der Waals surface area (Å²) in [6.07, 6.45) is 4.48. The van der Waals surface area contributed by atoms with E-state index in [0.29, 0.717) is 17.2 Å². The first-order valence-corrected chi connectivity index (χ1v) is 16.4. The molecule has 0 saturated carbocycles. The Morgan fingerprint density at radius 1 is 0.977 bits per heavy atom. The first kappa shape index (κ1) is 32.0. The third-order valence-corrected chi connectivity index (χ3v) is 9.77. The van der Waals surface area contributed by atoms with Crippen LogP contribution in [0.25, 0.3) is 11.1 Å². The van der Waals surface area contributed by atoms with Gasteiger partial charge < -0.3 is 19.9 Å². The number of anilines is 1. The quantitative estimate of drug-likeness (QED) is 0.296. The van der Waals surface area contributed by atoms with Crippen LogP contribution in [0.1, 0.15) is 83.4 Å². The number of hydrogen-bond donors (Lipinski definition) is 2. The molecule has 1 aromatic heterocycles. The summed E-state index contributed by atoms with van der Waals surface area (Å²) in [5.74, 6) is 0.656. The number of carbonyl (C=O) groups is 1. The van der Waals surface area contributed by atoms with Gasteiger partial charge in [0, 0.05) is 61.4 Å². The lowest BCUT2D eigenvalue weighted by atomic mass is 9.93. The lowest BCUT2D eigenvalue weighted by Crippen LogP contribution is -2.40. The molecule has 0 unspecified atom stereocenters. The molecule has 0 aliphatic carbocycles. The molecule has 7 nitrogen and oxygen atoms in total. The van der Waals surface area contributed by atoms with Crippen LogP contribution < -0.4 is 15.8 Å². The van der Waals surface area contributed by atoms with Crippen molar-refractivity contribution in [2.45, 2.75) is 86.4 Å². The molecule has 236 valence electrons. The van der Waals surface area contributed by atoms with Crippen molar-refractivity contribution < 1.29 is 9.53 Å². The number of piperidine rings is 1. The van der Waals surface area contributed by atoms with E-state index in [0.717, 1.165) is 91.8 Å². The minimum Gasteiger partial charge on any atom is -0.381 e. The normalized spacial score (nSPS) is 16.7. The zero-order valence-corrected chi connectivity index (χ0v) is 27.5. The van der Waals surface area contributed by atoms with Crippen LogP contribution in [0.5, 0.6) is 0 Å². The van der Waals surface area contributed by atoms with E-state index in [1.54, 1.807) is 0 Å². The van der Waals surface area contributed by atoms with E-state index >= 15 is 0 Å². The van der Waals surface area contributed by atoms with E-state index < -0.39 is 0 Å². The third-order valence-electron chi connectivity index (χ3n) is 9.77. The molecule has 2 saturated heterocycles. The van der Waals surface area contributed by atoms with Crippen LogP contribution >= 0.6 is 0 Å². The van der Waals surface area contributed by atoms with Crippen LogP contribution in [0.15, 0.2) is 41.2 Å². The van der Waals surface area contributed by atoms with Gasteiger partial charge in [-0.2, -0.15) is 0 Å². The topological polar surface area (TPSA) is 77.7 Å². The van der Waals surface area contributed by atoms with Crippen molar-refractivity contribution in [1.82, 2.24) is 15.2 Å². The molecule has 1 amide bonds. The Morgan fingerprint density at radius 3 is 2.36 bits per heavy atom. The van der Waals surface area contributed by atoms with Gasteiger partial charge >= 0.3 is 0 Å². The zero-order chi connectivity index (χ0) is 31.4. The highest BCUT2D eigenvalue weighted by atomic mass is 16.5. The molecule has 7 heteroatoms. The second-order valence-electron chi connectivity index (χ2n) is 13.0. The maximum absolute atomic E-state index is 13.8. The molecule has 0 bridgehead atoms. The van der Waals surface area contributed by atoms with Gasteiger partial charge in [0.05, 0.1) is 0 Å². The summed E-state index contributed by atoms with van der Waals surface area (Å²) in [4.78, 5) is 34.4. The summed E-state index contributed by atoms with van der Waals surface area (Å²) < 4.78 is 5.68. The SMILES string of the molecule is CCN(c1cc(-c2ccc(CN3CCC(C)CC3)c(C)c2)cc(C(=O)NCc2c(C)cc(C)[nH]c2=O)c1C)C1CCOCC1. The number of likely N-dealkylation sites (tertiary alicyclic amines) is 1. The van der Waals surface area contributed by atoms with Crippen molar-refractivity contribution in [1.29, 1.82) is 0 Å². The van der Waals surface area contributed by atoms with Gasteiger partial charge in [0.15, 0.2) is 0 Å². The van der Waals surface area contributed by atoms with Crippen LogP contribution in [-0.4, -0.2) is 54.7 Å². The molecule has 0 spiro atoms. The lowest BCUT2D eigenvalue weighted by Gasteiger charge is -2.37. The summed E-state index contributed by atoms with van der Waals surface area (Å²) in [5.41, 5.74) is 9.62. The minimum absolute atomic E-state index is 0.153. The number of aromatic amines is 1. The van der Waals surface area contributed by atoms with E-state index in [2.05, 4.69) is 65.1 Å². The number of aromatic nitrogens is 1. The highest BCUT2D eigenvalue weighted by Crippen LogP contribution is 2.35. The number of rotatable bonds is 9. The third kappa shape index (κ3) is 7.27. The van der Waals surface area contributed by atoms with Gasteiger partial charge in [-0.05, 0) is 131 Å². The number of nitrogens with one attached hydrogen (secondary N) is 2. The molecule has 44 heavy (non-hydrogen) atoms. The van der Waals surface area contributed by atoms with Crippen molar-refractivity contribution in [3.8, 4) is 11.1 Å². The summed E-state index contributed by atoms with van der Waals surface area (Å²) in [6, 6.07) is 13.4. The Balaban J connectivity index is 1.48. The number of carbonyl (C=O) groups excluding carboxylic acids is 1. The zero-order valence-electron chi connectivity index (χ0n) is 27.5. The van der Waals surface area contributed by atoms with Gasteiger partial charge in [0.1, 0.15) is 0 Å².